The van der Waals surface area contributed by atoms with Gasteiger partial charge in [0.25, 0.3) is 0 Å². The zero-order chi connectivity index (χ0) is 17.1. The van der Waals surface area contributed by atoms with Gasteiger partial charge in [-0.3, -0.25) is 4.79 Å². The molecule has 4 heteroatoms. The average Bonchev–Trinajstić information content (AvgIpc) is 3.52. The Morgan fingerprint density at radius 1 is 0.923 bits per heavy atom. The monoisotopic (exact) mass is 376 g/mol. The first-order valence-corrected chi connectivity index (χ1v) is 10.4. The van der Waals surface area contributed by atoms with Crippen LogP contribution in [0.3, 0.4) is 0 Å². The van der Waals surface area contributed by atoms with Crippen LogP contribution in [0.5, 0.6) is 0 Å². The maximum Gasteiger partial charge on any atom is 0.225 e. The van der Waals surface area contributed by atoms with E-state index >= 15 is 0 Å². The molecule has 0 unspecified atom stereocenters. The minimum atomic E-state index is 0. The normalized spacial score (nSPS) is 27.0. The van der Waals surface area contributed by atoms with Crippen molar-refractivity contribution < 1.29 is 4.79 Å². The molecule has 3 aliphatic rings. The zero-order valence-corrected chi connectivity index (χ0v) is 16.6. The van der Waals surface area contributed by atoms with Crippen molar-refractivity contribution in [2.24, 2.45) is 11.8 Å². The van der Waals surface area contributed by atoms with Crippen LogP contribution in [0, 0.1) is 11.8 Å². The highest BCUT2D eigenvalue weighted by Crippen LogP contribution is 2.36. The topological polar surface area (TPSA) is 32.3 Å². The third-order valence-electron chi connectivity index (χ3n) is 6.55. The van der Waals surface area contributed by atoms with E-state index in [1.165, 1.54) is 37.8 Å². The lowest BCUT2D eigenvalue weighted by molar-refractivity contribution is -0.137. The minimum absolute atomic E-state index is 0. The van der Waals surface area contributed by atoms with E-state index in [9.17, 15) is 4.79 Å². The van der Waals surface area contributed by atoms with Crippen molar-refractivity contribution in [3.8, 4) is 0 Å². The number of nitrogens with zero attached hydrogens (tertiary/aromatic N) is 1. The molecule has 0 spiro atoms. The number of carbonyl (C=O) groups excluding carboxylic acids is 1. The number of benzene rings is 1. The maximum absolute atomic E-state index is 12.9. The smallest absolute Gasteiger partial charge is 0.225 e. The van der Waals surface area contributed by atoms with E-state index in [1.54, 1.807) is 0 Å². The number of hydrogen-bond donors (Lipinski definition) is 1. The number of rotatable bonds is 5. The summed E-state index contributed by atoms with van der Waals surface area (Å²) in [6.07, 6.45) is 9.57. The Labute approximate surface area is 164 Å². The predicted molar refractivity (Wildman–Crippen MR) is 109 cm³/mol. The summed E-state index contributed by atoms with van der Waals surface area (Å²) in [6, 6.07) is 11.5. The Bertz CT molecular complexity index is 559. The maximum atomic E-state index is 12.9. The minimum Gasteiger partial charge on any atom is -0.342 e. The van der Waals surface area contributed by atoms with Gasteiger partial charge < -0.3 is 10.2 Å². The van der Waals surface area contributed by atoms with Crippen LogP contribution in [0.4, 0.5) is 0 Å². The Morgan fingerprint density at radius 2 is 1.58 bits per heavy atom. The third-order valence-corrected chi connectivity index (χ3v) is 6.55. The third kappa shape index (κ3) is 5.01. The molecule has 2 aliphatic carbocycles. The van der Waals surface area contributed by atoms with Crippen molar-refractivity contribution >= 4 is 18.3 Å². The molecular weight excluding hydrogens is 344 g/mol. The van der Waals surface area contributed by atoms with Crippen molar-refractivity contribution in [3.05, 3.63) is 35.9 Å². The molecule has 1 N–H and O–H groups in total. The molecule has 0 atom stereocenters. The largest absolute Gasteiger partial charge is 0.342 e. The van der Waals surface area contributed by atoms with Crippen LogP contribution in [-0.2, 0) is 4.79 Å². The highest BCUT2D eigenvalue weighted by atomic mass is 35.5. The van der Waals surface area contributed by atoms with Crippen molar-refractivity contribution in [1.82, 2.24) is 10.2 Å². The van der Waals surface area contributed by atoms with Gasteiger partial charge in [-0.25, -0.2) is 0 Å². The summed E-state index contributed by atoms with van der Waals surface area (Å²) < 4.78 is 0. The molecule has 1 amide bonds. The summed E-state index contributed by atoms with van der Waals surface area (Å²) in [5.74, 6) is 2.31. The molecule has 1 aromatic rings. The number of halogens is 1. The molecule has 2 saturated carbocycles. The van der Waals surface area contributed by atoms with Gasteiger partial charge >= 0.3 is 0 Å². The van der Waals surface area contributed by atoms with Gasteiger partial charge in [-0.05, 0) is 75.3 Å². The van der Waals surface area contributed by atoms with Crippen LogP contribution >= 0.6 is 12.4 Å². The molecule has 144 valence electrons. The Kier molecular flexibility index (Phi) is 6.99. The van der Waals surface area contributed by atoms with Gasteiger partial charge in [0.2, 0.25) is 5.91 Å². The van der Waals surface area contributed by atoms with Crippen molar-refractivity contribution in [3.63, 3.8) is 0 Å². The predicted octanol–water partition coefficient (Wildman–Crippen LogP) is 4.37. The van der Waals surface area contributed by atoms with E-state index < -0.39 is 0 Å². The summed E-state index contributed by atoms with van der Waals surface area (Å²) in [4.78, 5) is 15.0. The molecule has 0 radical (unpaired) electrons. The van der Waals surface area contributed by atoms with Crippen LogP contribution in [0.1, 0.15) is 62.8 Å². The number of hydrogen-bond acceptors (Lipinski definition) is 2. The molecule has 1 heterocycles. The molecule has 0 aromatic heterocycles. The van der Waals surface area contributed by atoms with Gasteiger partial charge in [-0.1, -0.05) is 30.3 Å². The van der Waals surface area contributed by atoms with Gasteiger partial charge in [0.15, 0.2) is 0 Å². The molecule has 1 saturated heterocycles. The molecule has 3 fully saturated rings. The summed E-state index contributed by atoms with van der Waals surface area (Å²) in [5, 5.41) is 3.71. The Balaban J connectivity index is 0.00000196. The lowest BCUT2D eigenvalue weighted by atomic mass is 9.78. The lowest BCUT2D eigenvalue weighted by Crippen LogP contribution is -2.47. The Morgan fingerprint density at radius 3 is 2.19 bits per heavy atom. The van der Waals surface area contributed by atoms with Crippen LogP contribution in [-0.4, -0.2) is 36.5 Å². The zero-order valence-electron chi connectivity index (χ0n) is 15.7. The molecule has 1 aliphatic heterocycles. The highest BCUT2D eigenvalue weighted by molar-refractivity contribution is 5.85. The molecule has 26 heavy (non-hydrogen) atoms. The number of piperidine rings is 1. The van der Waals surface area contributed by atoms with E-state index in [0.29, 0.717) is 17.9 Å². The molecule has 1 aromatic carbocycles. The van der Waals surface area contributed by atoms with E-state index in [-0.39, 0.29) is 18.3 Å². The highest BCUT2D eigenvalue weighted by Gasteiger charge is 2.32. The van der Waals surface area contributed by atoms with Gasteiger partial charge in [0, 0.05) is 25.0 Å². The van der Waals surface area contributed by atoms with Gasteiger partial charge in [0.05, 0.1) is 0 Å². The van der Waals surface area contributed by atoms with Crippen LogP contribution in [0.2, 0.25) is 0 Å². The fraction of sp³-hybridized carbons (Fsp3) is 0.682. The summed E-state index contributed by atoms with van der Waals surface area (Å²) in [7, 11) is 0. The number of likely N-dealkylation sites (tertiary alicyclic amines) is 1. The first kappa shape index (κ1) is 19.7. The Hall–Kier alpha value is -1.06. The van der Waals surface area contributed by atoms with E-state index in [1.807, 2.05) is 0 Å². The molecule has 3 nitrogen and oxygen atoms in total. The van der Waals surface area contributed by atoms with Crippen molar-refractivity contribution in [1.29, 1.82) is 0 Å². The van der Waals surface area contributed by atoms with E-state index in [4.69, 9.17) is 0 Å². The summed E-state index contributed by atoms with van der Waals surface area (Å²) >= 11 is 0. The summed E-state index contributed by atoms with van der Waals surface area (Å²) in [5.41, 5.74) is 1.45. The number of carbonyl (C=O) groups is 1. The van der Waals surface area contributed by atoms with Crippen LogP contribution < -0.4 is 5.32 Å². The fourth-order valence-corrected chi connectivity index (χ4v) is 4.62. The van der Waals surface area contributed by atoms with Crippen molar-refractivity contribution in [2.75, 3.05) is 19.6 Å². The average molecular weight is 377 g/mol. The van der Waals surface area contributed by atoms with E-state index in [2.05, 4.69) is 40.5 Å². The van der Waals surface area contributed by atoms with Gasteiger partial charge in [-0.15, -0.1) is 12.4 Å². The first-order chi connectivity index (χ1) is 12.3. The molecular formula is C22H33ClN2O. The quantitative estimate of drug-likeness (QED) is 0.827. The second kappa shape index (κ2) is 9.23. The summed E-state index contributed by atoms with van der Waals surface area (Å²) in [6.45, 7) is 3.11. The van der Waals surface area contributed by atoms with Crippen LogP contribution in [0.25, 0.3) is 0 Å². The molecule has 0 bridgehead atoms. The lowest BCUT2D eigenvalue weighted by Gasteiger charge is -2.36. The molecule has 4 rings (SSSR count). The fourth-order valence-electron chi connectivity index (χ4n) is 4.62. The van der Waals surface area contributed by atoms with Gasteiger partial charge in [0.1, 0.15) is 0 Å². The SMILES string of the molecule is Cl.O=C(C1CCC(c2ccccc2)CC1)N1CCC(NCC2CC2)CC1. The second-order valence-electron chi connectivity index (χ2n) is 8.41. The number of amides is 1. The second-order valence-corrected chi connectivity index (χ2v) is 8.41. The standard InChI is InChI=1S/C22H32N2O.ClH/c25-22(24-14-12-21(13-15-24)23-16-17-6-7-17)20-10-8-19(9-11-20)18-4-2-1-3-5-18;/h1-5,17,19-21,23H,6-16H2;1H. The van der Waals surface area contributed by atoms with E-state index in [0.717, 1.165) is 44.7 Å². The van der Waals surface area contributed by atoms with Gasteiger partial charge in [-0.2, -0.15) is 0 Å². The first-order valence-electron chi connectivity index (χ1n) is 10.4. The van der Waals surface area contributed by atoms with Crippen molar-refractivity contribution in [2.45, 2.75) is 63.3 Å². The van der Waals surface area contributed by atoms with Crippen LogP contribution in [0.15, 0.2) is 30.3 Å². The number of nitrogens with one attached hydrogen (secondary N) is 1.